The Kier molecular flexibility index (Phi) is 8.29. The zero-order chi connectivity index (χ0) is 20.3. The van der Waals surface area contributed by atoms with E-state index in [0.29, 0.717) is 12.5 Å². The summed E-state index contributed by atoms with van der Waals surface area (Å²) in [5, 5.41) is 0. The highest BCUT2D eigenvalue weighted by Crippen LogP contribution is 2.24. The maximum Gasteiger partial charge on any atom is 0.119 e. The minimum absolute atomic E-state index is 0.438. The van der Waals surface area contributed by atoms with Crippen molar-refractivity contribution < 1.29 is 14.2 Å². The van der Waals surface area contributed by atoms with E-state index < -0.39 is 0 Å². The Balaban J connectivity index is 1.54. The molecule has 0 aliphatic carbocycles. The van der Waals surface area contributed by atoms with E-state index in [0.717, 1.165) is 31.8 Å². The molecule has 0 saturated carbocycles. The van der Waals surface area contributed by atoms with Gasteiger partial charge in [0.2, 0.25) is 0 Å². The van der Waals surface area contributed by atoms with Gasteiger partial charge < -0.3 is 14.2 Å². The first-order valence-electron chi connectivity index (χ1n) is 10.1. The Morgan fingerprint density at radius 1 is 0.655 bits per heavy atom. The van der Waals surface area contributed by atoms with Crippen LogP contribution in [0.2, 0.25) is 0 Å². The number of hydrogen-bond donors (Lipinski definition) is 0. The number of ether oxygens (including phenoxy) is 3. The molecular weight excluding hydrogens is 360 g/mol. The molecule has 3 rings (SSSR count). The summed E-state index contributed by atoms with van der Waals surface area (Å²) >= 11 is 0. The normalized spacial score (nSPS) is 11.0. The van der Waals surface area contributed by atoms with Crippen LogP contribution in [0.4, 0.5) is 0 Å². The predicted molar refractivity (Wildman–Crippen MR) is 118 cm³/mol. The first-order valence-corrected chi connectivity index (χ1v) is 10.1. The second-order valence-electron chi connectivity index (χ2n) is 7.31. The van der Waals surface area contributed by atoms with Crippen molar-refractivity contribution >= 4 is 0 Å². The summed E-state index contributed by atoms with van der Waals surface area (Å²) in [7, 11) is 3.49. The van der Waals surface area contributed by atoms with Gasteiger partial charge in [0.15, 0.2) is 0 Å². The van der Waals surface area contributed by atoms with Crippen LogP contribution in [0, 0.1) is 5.92 Å². The van der Waals surface area contributed by atoms with Crippen LogP contribution in [-0.4, -0.2) is 27.4 Å². The molecule has 0 saturated heterocycles. The fourth-order valence-corrected chi connectivity index (χ4v) is 3.41. The van der Waals surface area contributed by atoms with Crippen molar-refractivity contribution in [1.82, 2.24) is 0 Å². The van der Waals surface area contributed by atoms with Crippen LogP contribution in [0.3, 0.4) is 0 Å². The van der Waals surface area contributed by atoms with Gasteiger partial charge in [0, 0.05) is 20.1 Å². The number of aryl methyl sites for hydroxylation is 1. The fraction of sp³-hybridized carbons (Fsp3) is 0.308. The Hall–Kier alpha value is -2.62. The molecule has 3 aromatic carbocycles. The SMILES string of the molecule is COCC(CCc1ccc(-c2ccc(OCc3ccccc3)cc2)cc1)COC. The van der Waals surface area contributed by atoms with Gasteiger partial charge in [0.1, 0.15) is 12.4 Å². The van der Waals surface area contributed by atoms with Gasteiger partial charge in [-0.1, -0.05) is 66.7 Å². The molecule has 152 valence electrons. The first kappa shape index (κ1) is 21.1. The van der Waals surface area contributed by atoms with Crippen molar-refractivity contribution in [2.45, 2.75) is 19.4 Å². The first-order chi connectivity index (χ1) is 14.3. The number of methoxy groups -OCH3 is 2. The van der Waals surface area contributed by atoms with E-state index in [2.05, 4.69) is 48.5 Å². The molecule has 3 heteroatoms. The molecule has 0 spiro atoms. The average molecular weight is 391 g/mol. The topological polar surface area (TPSA) is 27.7 Å². The molecule has 0 atom stereocenters. The van der Waals surface area contributed by atoms with Crippen LogP contribution >= 0.6 is 0 Å². The second kappa shape index (κ2) is 11.4. The van der Waals surface area contributed by atoms with Gasteiger partial charge in [0.05, 0.1) is 13.2 Å². The molecule has 0 heterocycles. The minimum Gasteiger partial charge on any atom is -0.489 e. The zero-order valence-electron chi connectivity index (χ0n) is 17.3. The average Bonchev–Trinajstić information content (AvgIpc) is 2.78. The third-order valence-electron chi connectivity index (χ3n) is 5.04. The van der Waals surface area contributed by atoms with Crippen LogP contribution in [0.25, 0.3) is 11.1 Å². The van der Waals surface area contributed by atoms with Gasteiger partial charge in [0.25, 0.3) is 0 Å². The lowest BCUT2D eigenvalue weighted by atomic mass is 9.98. The van der Waals surface area contributed by atoms with E-state index in [9.17, 15) is 0 Å². The fourth-order valence-electron chi connectivity index (χ4n) is 3.41. The highest BCUT2D eigenvalue weighted by Gasteiger charge is 2.09. The Morgan fingerprint density at radius 2 is 1.24 bits per heavy atom. The third kappa shape index (κ3) is 6.74. The highest BCUT2D eigenvalue weighted by molar-refractivity contribution is 5.64. The maximum atomic E-state index is 5.88. The summed E-state index contributed by atoms with van der Waals surface area (Å²) in [5.41, 5.74) is 4.92. The van der Waals surface area contributed by atoms with E-state index in [1.165, 1.54) is 22.3 Å². The largest absolute Gasteiger partial charge is 0.489 e. The maximum absolute atomic E-state index is 5.88. The van der Waals surface area contributed by atoms with Crippen LogP contribution < -0.4 is 4.74 Å². The standard InChI is InChI=1S/C26H30O3/c1-27-18-23(19-28-2)9-8-21-10-12-24(13-11-21)25-14-16-26(17-15-25)29-20-22-6-4-3-5-7-22/h3-7,10-17,23H,8-9,18-20H2,1-2H3. The second-order valence-corrected chi connectivity index (χ2v) is 7.31. The molecule has 29 heavy (non-hydrogen) atoms. The minimum atomic E-state index is 0.438. The van der Waals surface area contributed by atoms with Crippen molar-refractivity contribution in [2.24, 2.45) is 5.92 Å². The van der Waals surface area contributed by atoms with E-state index >= 15 is 0 Å². The van der Waals surface area contributed by atoms with Gasteiger partial charge in [-0.15, -0.1) is 0 Å². The van der Waals surface area contributed by atoms with Crippen molar-refractivity contribution in [2.75, 3.05) is 27.4 Å². The monoisotopic (exact) mass is 390 g/mol. The Morgan fingerprint density at radius 3 is 1.83 bits per heavy atom. The summed E-state index contributed by atoms with van der Waals surface area (Å²) in [5.74, 6) is 1.32. The number of benzene rings is 3. The zero-order valence-corrected chi connectivity index (χ0v) is 17.3. The van der Waals surface area contributed by atoms with Crippen LogP contribution in [0.1, 0.15) is 17.5 Å². The number of rotatable bonds is 11. The lowest BCUT2D eigenvalue weighted by molar-refractivity contribution is 0.0807. The van der Waals surface area contributed by atoms with Gasteiger partial charge in [-0.05, 0) is 47.2 Å². The van der Waals surface area contributed by atoms with Crippen molar-refractivity contribution in [1.29, 1.82) is 0 Å². The van der Waals surface area contributed by atoms with E-state index in [1.54, 1.807) is 14.2 Å². The molecule has 0 aliphatic heterocycles. The molecular formula is C26H30O3. The van der Waals surface area contributed by atoms with E-state index in [1.807, 2.05) is 30.3 Å². The summed E-state index contributed by atoms with van der Waals surface area (Å²) in [6.45, 7) is 2.07. The van der Waals surface area contributed by atoms with Gasteiger partial charge >= 0.3 is 0 Å². The van der Waals surface area contributed by atoms with Crippen LogP contribution in [-0.2, 0) is 22.5 Å². The molecule has 0 radical (unpaired) electrons. The Bertz CT molecular complexity index is 820. The summed E-state index contributed by atoms with van der Waals surface area (Å²) in [6.07, 6.45) is 2.10. The molecule has 0 bridgehead atoms. The van der Waals surface area contributed by atoms with Crippen molar-refractivity contribution in [3.05, 3.63) is 90.0 Å². The third-order valence-corrected chi connectivity index (χ3v) is 5.04. The quantitative estimate of drug-likeness (QED) is 0.416. The lowest BCUT2D eigenvalue weighted by Gasteiger charge is -2.15. The predicted octanol–water partition coefficient (Wildman–Crippen LogP) is 5.77. The molecule has 0 aromatic heterocycles. The lowest BCUT2D eigenvalue weighted by Crippen LogP contribution is -2.15. The van der Waals surface area contributed by atoms with E-state index in [4.69, 9.17) is 14.2 Å². The summed E-state index contributed by atoms with van der Waals surface area (Å²) in [6, 6.07) is 27.3. The molecule has 0 amide bonds. The van der Waals surface area contributed by atoms with Crippen molar-refractivity contribution in [3.63, 3.8) is 0 Å². The van der Waals surface area contributed by atoms with Crippen LogP contribution in [0.5, 0.6) is 5.75 Å². The van der Waals surface area contributed by atoms with E-state index in [-0.39, 0.29) is 0 Å². The Labute approximate surface area is 174 Å². The van der Waals surface area contributed by atoms with Gasteiger partial charge in [-0.2, -0.15) is 0 Å². The molecule has 0 unspecified atom stereocenters. The molecule has 0 N–H and O–H groups in total. The smallest absolute Gasteiger partial charge is 0.119 e. The summed E-state index contributed by atoms with van der Waals surface area (Å²) in [4.78, 5) is 0. The molecule has 3 aromatic rings. The molecule has 0 aliphatic rings. The van der Waals surface area contributed by atoms with Crippen molar-refractivity contribution in [3.8, 4) is 16.9 Å². The van der Waals surface area contributed by atoms with Crippen LogP contribution in [0.15, 0.2) is 78.9 Å². The number of hydrogen-bond acceptors (Lipinski definition) is 3. The summed E-state index contributed by atoms with van der Waals surface area (Å²) < 4.78 is 16.4. The van der Waals surface area contributed by atoms with Gasteiger partial charge in [-0.3, -0.25) is 0 Å². The molecule has 0 fully saturated rings. The highest BCUT2D eigenvalue weighted by atomic mass is 16.5. The van der Waals surface area contributed by atoms with Gasteiger partial charge in [-0.25, -0.2) is 0 Å². The molecule has 3 nitrogen and oxygen atoms in total.